The summed E-state index contributed by atoms with van der Waals surface area (Å²) >= 11 is 1.24. The summed E-state index contributed by atoms with van der Waals surface area (Å²) in [6, 6.07) is 17.6. The molecular weight excluding hydrogens is 490 g/mol. The van der Waals surface area contributed by atoms with Gasteiger partial charge >= 0.3 is 5.97 Å². The van der Waals surface area contributed by atoms with Crippen LogP contribution in [0.1, 0.15) is 27.9 Å². The molecule has 1 amide bonds. The number of nitrogens with zero attached hydrogens (tertiary/aromatic N) is 3. The van der Waals surface area contributed by atoms with Crippen LogP contribution in [0, 0.1) is 0 Å². The quantitative estimate of drug-likeness (QED) is 0.344. The van der Waals surface area contributed by atoms with Crippen molar-refractivity contribution in [2.24, 2.45) is 0 Å². The summed E-state index contributed by atoms with van der Waals surface area (Å²) < 4.78 is 32.1. The molecule has 0 aliphatic rings. The molecule has 180 valence electrons. The number of esters is 1. The van der Waals surface area contributed by atoms with Crippen molar-refractivity contribution in [2.45, 2.75) is 6.92 Å². The molecule has 0 spiro atoms. The Morgan fingerprint density at radius 1 is 1.09 bits per heavy atom. The van der Waals surface area contributed by atoms with E-state index in [1.165, 1.54) is 22.2 Å². The standard InChI is InChI=1S/C23H21N5O5S2/c1-3-33-23(30)18-13-19(15-8-5-4-6-9-15)34-22(18)25-21(29)20-26-24-14-28(20)17-11-7-10-16(12-17)27-35(2,31)32/h4-14,27H,3H2,1-2H3,(H,25,29). The number of hydrogen-bond acceptors (Lipinski definition) is 8. The Bertz CT molecular complexity index is 1480. The first-order valence-electron chi connectivity index (χ1n) is 10.4. The fourth-order valence-electron chi connectivity index (χ4n) is 3.26. The van der Waals surface area contributed by atoms with Crippen LogP contribution in [0.5, 0.6) is 0 Å². The lowest BCUT2D eigenvalue weighted by Crippen LogP contribution is -2.18. The summed E-state index contributed by atoms with van der Waals surface area (Å²) in [5.41, 5.74) is 1.91. The van der Waals surface area contributed by atoms with Crippen molar-refractivity contribution < 1.29 is 22.7 Å². The molecule has 4 rings (SSSR count). The fourth-order valence-corrected chi connectivity index (χ4v) is 4.86. The highest BCUT2D eigenvalue weighted by Gasteiger charge is 2.23. The molecule has 0 saturated carbocycles. The summed E-state index contributed by atoms with van der Waals surface area (Å²) in [4.78, 5) is 26.5. The van der Waals surface area contributed by atoms with E-state index in [1.54, 1.807) is 37.3 Å². The lowest BCUT2D eigenvalue weighted by atomic mass is 10.1. The monoisotopic (exact) mass is 511 g/mol. The number of amides is 1. The second-order valence-electron chi connectivity index (χ2n) is 7.34. The number of ether oxygens (including phenoxy) is 1. The van der Waals surface area contributed by atoms with Gasteiger partial charge in [0.25, 0.3) is 5.91 Å². The molecule has 0 unspecified atom stereocenters. The van der Waals surface area contributed by atoms with Crippen LogP contribution in [0.15, 0.2) is 67.0 Å². The number of carbonyl (C=O) groups excluding carboxylic acids is 2. The SMILES string of the molecule is CCOC(=O)c1cc(-c2ccccc2)sc1NC(=O)c1nncn1-c1cccc(NS(C)(=O)=O)c1. The number of carbonyl (C=O) groups is 2. The smallest absolute Gasteiger partial charge is 0.341 e. The van der Waals surface area contributed by atoms with Gasteiger partial charge in [-0.05, 0) is 36.8 Å². The molecule has 10 nitrogen and oxygen atoms in total. The molecule has 35 heavy (non-hydrogen) atoms. The van der Waals surface area contributed by atoms with Crippen LogP contribution >= 0.6 is 11.3 Å². The van der Waals surface area contributed by atoms with Gasteiger partial charge in [-0.25, -0.2) is 13.2 Å². The molecule has 2 aromatic heterocycles. The molecule has 0 aliphatic carbocycles. The maximum Gasteiger partial charge on any atom is 0.341 e. The first-order chi connectivity index (χ1) is 16.7. The van der Waals surface area contributed by atoms with E-state index in [1.807, 2.05) is 30.3 Å². The summed E-state index contributed by atoms with van der Waals surface area (Å²) in [6.45, 7) is 1.89. The van der Waals surface area contributed by atoms with Gasteiger partial charge in [0, 0.05) is 4.88 Å². The molecule has 0 fully saturated rings. The topological polar surface area (TPSA) is 132 Å². The van der Waals surface area contributed by atoms with Crippen molar-refractivity contribution in [1.29, 1.82) is 0 Å². The van der Waals surface area contributed by atoms with Gasteiger partial charge in [0.2, 0.25) is 15.8 Å². The van der Waals surface area contributed by atoms with Crippen molar-refractivity contribution in [2.75, 3.05) is 22.9 Å². The van der Waals surface area contributed by atoms with E-state index in [9.17, 15) is 18.0 Å². The van der Waals surface area contributed by atoms with Gasteiger partial charge in [-0.15, -0.1) is 21.5 Å². The van der Waals surface area contributed by atoms with Gasteiger partial charge in [0.05, 0.1) is 29.8 Å². The highest BCUT2D eigenvalue weighted by atomic mass is 32.2. The van der Waals surface area contributed by atoms with Gasteiger partial charge in [0.1, 0.15) is 11.3 Å². The molecule has 0 atom stereocenters. The van der Waals surface area contributed by atoms with E-state index in [-0.39, 0.29) is 18.0 Å². The number of rotatable bonds is 8. The van der Waals surface area contributed by atoms with Crippen LogP contribution in [-0.4, -0.2) is 47.9 Å². The zero-order valence-corrected chi connectivity index (χ0v) is 20.4. The first kappa shape index (κ1) is 24.1. The third-order valence-electron chi connectivity index (χ3n) is 4.69. The number of thiophene rings is 1. The Morgan fingerprint density at radius 3 is 2.57 bits per heavy atom. The largest absolute Gasteiger partial charge is 0.462 e. The van der Waals surface area contributed by atoms with E-state index in [0.29, 0.717) is 16.4 Å². The molecule has 2 N–H and O–H groups in total. The maximum absolute atomic E-state index is 13.2. The lowest BCUT2D eigenvalue weighted by Gasteiger charge is -2.10. The minimum absolute atomic E-state index is 0.0500. The Labute approximate surface area is 205 Å². The summed E-state index contributed by atoms with van der Waals surface area (Å²) in [5, 5.41) is 10.8. The average Bonchev–Trinajstić information content (AvgIpc) is 3.47. The van der Waals surface area contributed by atoms with Crippen LogP contribution in [0.25, 0.3) is 16.1 Å². The zero-order valence-electron chi connectivity index (χ0n) is 18.8. The van der Waals surface area contributed by atoms with Crippen molar-refractivity contribution >= 4 is 43.9 Å². The predicted octanol–water partition coefficient (Wildman–Crippen LogP) is 3.80. The fraction of sp³-hybridized carbons (Fsp3) is 0.130. The summed E-state index contributed by atoms with van der Waals surface area (Å²) in [6.07, 6.45) is 2.38. The van der Waals surface area contributed by atoms with Crippen LogP contribution in [0.4, 0.5) is 10.7 Å². The molecule has 0 radical (unpaired) electrons. The highest BCUT2D eigenvalue weighted by Crippen LogP contribution is 2.36. The maximum atomic E-state index is 13.2. The Kier molecular flexibility index (Phi) is 6.94. The molecule has 12 heteroatoms. The van der Waals surface area contributed by atoms with Gasteiger partial charge in [-0.2, -0.15) is 0 Å². The minimum atomic E-state index is -3.48. The van der Waals surface area contributed by atoms with Crippen molar-refractivity contribution in [3.05, 3.63) is 78.4 Å². The lowest BCUT2D eigenvalue weighted by molar-refractivity contribution is 0.0528. The molecule has 4 aromatic rings. The number of aromatic nitrogens is 3. The van der Waals surface area contributed by atoms with Gasteiger partial charge < -0.3 is 10.1 Å². The van der Waals surface area contributed by atoms with E-state index in [2.05, 4.69) is 20.2 Å². The number of hydrogen-bond donors (Lipinski definition) is 2. The van der Waals surface area contributed by atoms with Crippen LogP contribution in [0.3, 0.4) is 0 Å². The van der Waals surface area contributed by atoms with Crippen molar-refractivity contribution in [3.8, 4) is 16.1 Å². The Morgan fingerprint density at radius 2 is 1.86 bits per heavy atom. The summed E-state index contributed by atoms with van der Waals surface area (Å²) in [7, 11) is -3.48. The Hall–Kier alpha value is -4.03. The molecule has 0 aliphatic heterocycles. The van der Waals surface area contributed by atoms with Crippen molar-refractivity contribution in [1.82, 2.24) is 14.8 Å². The molecule has 0 bridgehead atoms. The van der Waals surface area contributed by atoms with Gasteiger partial charge in [0.15, 0.2) is 0 Å². The molecule has 2 aromatic carbocycles. The predicted molar refractivity (Wildman–Crippen MR) is 133 cm³/mol. The second-order valence-corrected chi connectivity index (χ2v) is 10.1. The van der Waals surface area contributed by atoms with Crippen LogP contribution < -0.4 is 10.0 Å². The van der Waals surface area contributed by atoms with Crippen LogP contribution in [-0.2, 0) is 14.8 Å². The van der Waals surface area contributed by atoms with E-state index < -0.39 is 21.9 Å². The number of sulfonamides is 1. The third kappa shape index (κ3) is 5.73. The molecule has 0 saturated heterocycles. The average molecular weight is 512 g/mol. The molecular formula is C23H21N5O5S2. The van der Waals surface area contributed by atoms with Gasteiger partial charge in [-0.3, -0.25) is 14.1 Å². The van der Waals surface area contributed by atoms with Crippen LogP contribution in [0.2, 0.25) is 0 Å². The first-order valence-corrected chi connectivity index (χ1v) is 13.1. The van der Waals surface area contributed by atoms with E-state index in [0.717, 1.165) is 16.7 Å². The number of nitrogens with one attached hydrogen (secondary N) is 2. The zero-order chi connectivity index (χ0) is 25.0. The van der Waals surface area contributed by atoms with E-state index in [4.69, 9.17) is 4.74 Å². The normalized spacial score (nSPS) is 11.1. The van der Waals surface area contributed by atoms with E-state index >= 15 is 0 Å². The Balaban J connectivity index is 1.66. The number of anilines is 2. The van der Waals surface area contributed by atoms with Crippen molar-refractivity contribution in [3.63, 3.8) is 0 Å². The minimum Gasteiger partial charge on any atom is -0.462 e. The number of benzene rings is 2. The summed E-state index contributed by atoms with van der Waals surface area (Å²) in [5.74, 6) is -1.20. The second kappa shape index (κ2) is 10.1. The van der Waals surface area contributed by atoms with Gasteiger partial charge in [-0.1, -0.05) is 36.4 Å². The molecule has 2 heterocycles. The third-order valence-corrected chi connectivity index (χ3v) is 6.40. The highest BCUT2D eigenvalue weighted by molar-refractivity contribution is 7.92.